The average molecular weight is 436 g/mol. The zero-order valence-corrected chi connectivity index (χ0v) is 17.0. The number of rotatable bonds is 6. The SMILES string of the molecule is Nc1ccc(O)c2c1C(=O)c1c(O)c(-c3ccc(OCCCCF)cc3)cc(N)c1C2=O. The van der Waals surface area contributed by atoms with Gasteiger partial charge >= 0.3 is 0 Å². The van der Waals surface area contributed by atoms with Crippen molar-refractivity contribution in [2.75, 3.05) is 24.7 Å². The Morgan fingerprint density at radius 1 is 0.812 bits per heavy atom. The molecule has 0 saturated carbocycles. The number of carbonyl (C=O) groups excluding carboxylic acids is 2. The number of fused-ring (bicyclic) bond motifs is 2. The van der Waals surface area contributed by atoms with E-state index in [1.165, 1.54) is 18.2 Å². The van der Waals surface area contributed by atoms with E-state index in [4.69, 9.17) is 16.2 Å². The van der Waals surface area contributed by atoms with E-state index in [1.54, 1.807) is 24.3 Å². The number of halogens is 1. The first kappa shape index (κ1) is 21.2. The number of ether oxygens (including phenoxy) is 1. The molecule has 0 heterocycles. The molecule has 0 fully saturated rings. The van der Waals surface area contributed by atoms with Gasteiger partial charge in [0.2, 0.25) is 11.6 Å². The summed E-state index contributed by atoms with van der Waals surface area (Å²) in [4.78, 5) is 26.2. The average Bonchev–Trinajstić information content (AvgIpc) is 2.78. The van der Waals surface area contributed by atoms with Crippen molar-refractivity contribution in [2.45, 2.75) is 12.8 Å². The first-order valence-corrected chi connectivity index (χ1v) is 10.0. The Hall–Kier alpha value is -4.07. The summed E-state index contributed by atoms with van der Waals surface area (Å²) in [6.07, 6.45) is 1.02. The Bertz CT molecular complexity index is 1240. The number of nitrogens with two attached hydrogens (primary N) is 2. The fourth-order valence-electron chi connectivity index (χ4n) is 3.83. The van der Waals surface area contributed by atoms with Crippen molar-refractivity contribution in [1.29, 1.82) is 0 Å². The van der Waals surface area contributed by atoms with Gasteiger partial charge in [-0.05, 0) is 48.7 Å². The number of ketones is 2. The van der Waals surface area contributed by atoms with Crippen LogP contribution in [0.5, 0.6) is 17.2 Å². The number of aromatic hydroxyl groups is 2. The van der Waals surface area contributed by atoms with Crippen molar-refractivity contribution in [3.63, 3.8) is 0 Å². The molecule has 1 aliphatic rings. The van der Waals surface area contributed by atoms with E-state index in [0.29, 0.717) is 30.8 Å². The largest absolute Gasteiger partial charge is 0.507 e. The second kappa shape index (κ2) is 8.22. The molecule has 164 valence electrons. The van der Waals surface area contributed by atoms with Crippen molar-refractivity contribution in [2.24, 2.45) is 0 Å². The monoisotopic (exact) mass is 436 g/mol. The number of benzene rings is 3. The molecule has 1 aliphatic carbocycles. The standard InChI is InChI=1S/C24H21FN2O5/c25-9-1-2-10-32-13-5-3-12(4-6-13)14-11-16(27)19-21(22(14)29)24(31)18-15(26)7-8-17(28)20(18)23(19)30/h3-8,11,28-29H,1-2,9-10,26-27H2. The lowest BCUT2D eigenvalue weighted by atomic mass is 9.80. The van der Waals surface area contributed by atoms with Gasteiger partial charge in [-0.3, -0.25) is 14.0 Å². The third kappa shape index (κ3) is 3.39. The van der Waals surface area contributed by atoms with E-state index in [2.05, 4.69) is 0 Å². The number of carbonyl (C=O) groups is 2. The molecule has 8 heteroatoms. The van der Waals surface area contributed by atoms with Crippen LogP contribution in [0.2, 0.25) is 0 Å². The van der Waals surface area contributed by atoms with Crippen molar-refractivity contribution in [1.82, 2.24) is 0 Å². The third-order valence-corrected chi connectivity index (χ3v) is 5.42. The maximum Gasteiger partial charge on any atom is 0.200 e. The number of hydrogen-bond donors (Lipinski definition) is 4. The van der Waals surface area contributed by atoms with Gasteiger partial charge in [-0.25, -0.2) is 0 Å². The quantitative estimate of drug-likeness (QED) is 0.205. The zero-order chi connectivity index (χ0) is 23.0. The van der Waals surface area contributed by atoms with E-state index in [0.717, 1.165) is 0 Å². The van der Waals surface area contributed by atoms with Crippen LogP contribution in [0.1, 0.15) is 44.7 Å². The fourth-order valence-corrected chi connectivity index (χ4v) is 3.83. The van der Waals surface area contributed by atoms with E-state index < -0.39 is 24.0 Å². The highest BCUT2D eigenvalue weighted by molar-refractivity contribution is 6.33. The molecule has 0 amide bonds. The predicted molar refractivity (Wildman–Crippen MR) is 118 cm³/mol. The maximum absolute atomic E-state index is 13.2. The minimum atomic E-state index is -0.693. The molecule has 4 rings (SSSR count). The predicted octanol–water partition coefficient (Wildman–Crippen LogP) is 3.83. The molecule has 7 nitrogen and oxygen atoms in total. The molecule has 0 bridgehead atoms. The number of hydrogen-bond acceptors (Lipinski definition) is 7. The molecule has 0 atom stereocenters. The molecule has 32 heavy (non-hydrogen) atoms. The number of unbranched alkanes of at least 4 members (excludes halogenated alkanes) is 1. The number of phenolic OH excluding ortho intramolecular Hbond substituents is 2. The molecule has 3 aromatic rings. The number of alkyl halides is 1. The van der Waals surface area contributed by atoms with Crippen LogP contribution in [0.4, 0.5) is 15.8 Å². The summed E-state index contributed by atoms with van der Waals surface area (Å²) in [6.45, 7) is -0.0110. The van der Waals surface area contributed by atoms with Gasteiger partial charge in [-0.15, -0.1) is 0 Å². The summed E-state index contributed by atoms with van der Waals surface area (Å²) in [5.41, 5.74) is 12.0. The van der Waals surface area contributed by atoms with E-state index >= 15 is 0 Å². The van der Waals surface area contributed by atoms with Gasteiger partial charge in [-0.1, -0.05) is 12.1 Å². The Morgan fingerprint density at radius 3 is 2.16 bits per heavy atom. The van der Waals surface area contributed by atoms with Crippen LogP contribution in [0, 0.1) is 0 Å². The highest BCUT2D eigenvalue weighted by Crippen LogP contribution is 2.45. The van der Waals surface area contributed by atoms with Crippen LogP contribution < -0.4 is 16.2 Å². The fraction of sp³-hybridized carbons (Fsp3) is 0.167. The maximum atomic E-state index is 13.2. The Morgan fingerprint density at radius 2 is 1.47 bits per heavy atom. The molecule has 6 N–H and O–H groups in total. The number of anilines is 2. The van der Waals surface area contributed by atoms with Crippen LogP contribution in [0.3, 0.4) is 0 Å². The van der Waals surface area contributed by atoms with E-state index in [9.17, 15) is 24.2 Å². The molecular formula is C24H21FN2O5. The van der Waals surface area contributed by atoms with Gasteiger partial charge in [0.15, 0.2) is 0 Å². The molecule has 0 radical (unpaired) electrons. The normalized spacial score (nSPS) is 12.4. The lowest BCUT2D eigenvalue weighted by Gasteiger charge is -2.23. The zero-order valence-electron chi connectivity index (χ0n) is 17.0. The highest BCUT2D eigenvalue weighted by atomic mass is 19.1. The smallest absolute Gasteiger partial charge is 0.200 e. The van der Waals surface area contributed by atoms with Gasteiger partial charge in [0, 0.05) is 16.9 Å². The van der Waals surface area contributed by atoms with Crippen molar-refractivity contribution < 1.29 is 28.9 Å². The van der Waals surface area contributed by atoms with Gasteiger partial charge in [0.25, 0.3) is 0 Å². The summed E-state index contributed by atoms with van der Waals surface area (Å²) in [5.74, 6) is -1.60. The summed E-state index contributed by atoms with van der Waals surface area (Å²) in [7, 11) is 0. The van der Waals surface area contributed by atoms with Crippen LogP contribution in [-0.2, 0) is 0 Å². The molecule has 0 aromatic heterocycles. The second-order valence-electron chi connectivity index (χ2n) is 7.46. The Kier molecular flexibility index (Phi) is 5.44. The minimum absolute atomic E-state index is 0.00910. The minimum Gasteiger partial charge on any atom is -0.507 e. The van der Waals surface area contributed by atoms with Crippen LogP contribution in [-0.4, -0.2) is 35.1 Å². The summed E-state index contributed by atoms with van der Waals surface area (Å²) < 4.78 is 17.7. The van der Waals surface area contributed by atoms with Crippen LogP contribution in [0.25, 0.3) is 11.1 Å². The first-order valence-electron chi connectivity index (χ1n) is 10.0. The lowest BCUT2D eigenvalue weighted by molar-refractivity contribution is 0.0975. The first-order chi connectivity index (χ1) is 15.3. The summed E-state index contributed by atoms with van der Waals surface area (Å²) >= 11 is 0. The molecule has 3 aromatic carbocycles. The van der Waals surface area contributed by atoms with Crippen LogP contribution >= 0.6 is 0 Å². The highest BCUT2D eigenvalue weighted by Gasteiger charge is 2.38. The van der Waals surface area contributed by atoms with Crippen molar-refractivity contribution in [3.05, 3.63) is 64.7 Å². The number of nitrogen functional groups attached to an aromatic ring is 2. The Labute approximate surface area is 183 Å². The summed E-state index contributed by atoms with van der Waals surface area (Å²) in [5, 5.41) is 21.1. The molecule has 0 unspecified atom stereocenters. The molecule has 0 saturated heterocycles. The summed E-state index contributed by atoms with van der Waals surface area (Å²) in [6, 6.07) is 10.7. The van der Waals surface area contributed by atoms with Gasteiger partial charge in [0.1, 0.15) is 17.2 Å². The van der Waals surface area contributed by atoms with Crippen LogP contribution in [0.15, 0.2) is 42.5 Å². The Balaban J connectivity index is 1.76. The molecular weight excluding hydrogens is 415 g/mol. The van der Waals surface area contributed by atoms with E-state index in [1.807, 2.05) is 0 Å². The topological polar surface area (TPSA) is 136 Å². The van der Waals surface area contributed by atoms with E-state index in [-0.39, 0.29) is 44.9 Å². The van der Waals surface area contributed by atoms with Gasteiger partial charge in [0.05, 0.1) is 35.5 Å². The van der Waals surface area contributed by atoms with Gasteiger partial charge in [-0.2, -0.15) is 0 Å². The van der Waals surface area contributed by atoms with Crippen molar-refractivity contribution >= 4 is 22.9 Å². The molecule has 0 spiro atoms. The van der Waals surface area contributed by atoms with Crippen molar-refractivity contribution in [3.8, 4) is 28.4 Å². The third-order valence-electron chi connectivity index (χ3n) is 5.42. The molecule has 0 aliphatic heterocycles. The van der Waals surface area contributed by atoms with Gasteiger partial charge < -0.3 is 26.4 Å². The lowest BCUT2D eigenvalue weighted by Crippen LogP contribution is -2.24. The number of phenols is 2. The second-order valence-corrected chi connectivity index (χ2v) is 7.46.